The van der Waals surface area contributed by atoms with Crippen molar-refractivity contribution < 1.29 is 4.79 Å². The van der Waals surface area contributed by atoms with Crippen LogP contribution in [-0.4, -0.2) is 76.1 Å². The number of carbonyl (C=O) groups is 1. The fourth-order valence-electron chi connectivity index (χ4n) is 6.61. The highest BCUT2D eigenvalue weighted by atomic mass is 32.2. The van der Waals surface area contributed by atoms with Gasteiger partial charge in [-0.15, -0.1) is 23.1 Å². The number of fused-ring (bicyclic) bond motifs is 1. The third kappa shape index (κ3) is 5.97. The molecule has 5 heterocycles. The molecule has 2 aromatic heterocycles. The lowest BCUT2D eigenvalue weighted by atomic mass is 9.89. The van der Waals surface area contributed by atoms with E-state index in [-0.39, 0.29) is 11.8 Å². The number of Topliss-reactive ketones (excluding diaryl/α,β-unsaturated/α-hetero) is 1. The molecule has 42 heavy (non-hydrogen) atoms. The predicted octanol–water partition coefficient (Wildman–Crippen LogP) is 5.71. The van der Waals surface area contributed by atoms with Gasteiger partial charge in [-0.1, -0.05) is 17.2 Å². The summed E-state index contributed by atoms with van der Waals surface area (Å²) >= 11 is 3.34. The summed E-state index contributed by atoms with van der Waals surface area (Å²) in [5.74, 6) is 0.606. The number of azide groups is 1. The van der Waals surface area contributed by atoms with Crippen molar-refractivity contribution in [2.24, 2.45) is 16.0 Å². The molecule has 0 saturated carbocycles. The standard InChI is InChI=1S/C31H36N8OS2/c1-21-15-24(5-9-33-21)29-26-16-22(3-4-25(26)18-35-29)17-28(40)31(41-2)8-13-38(20-31)19-27(36-37-32)23-6-11-39(12-7-23)30-34-10-14-42-30/h3-5,9-10,14-16,23,27H,6-8,11-13,17-20H2,1-2H3/t27?,31-/m0/s1. The minimum atomic E-state index is -0.451. The van der Waals surface area contributed by atoms with Gasteiger partial charge in [-0.3, -0.25) is 14.8 Å². The summed E-state index contributed by atoms with van der Waals surface area (Å²) in [6.07, 6.45) is 8.90. The topological polar surface area (TPSA) is 110 Å². The maximum atomic E-state index is 13.9. The van der Waals surface area contributed by atoms with E-state index < -0.39 is 4.75 Å². The molecule has 0 spiro atoms. The first-order chi connectivity index (χ1) is 20.5. The van der Waals surface area contributed by atoms with Gasteiger partial charge in [0.25, 0.3) is 0 Å². The summed E-state index contributed by atoms with van der Waals surface area (Å²) in [6.45, 7) is 6.74. The van der Waals surface area contributed by atoms with E-state index in [9.17, 15) is 10.3 Å². The first kappa shape index (κ1) is 28.9. The first-order valence-electron chi connectivity index (χ1n) is 14.6. The third-order valence-electron chi connectivity index (χ3n) is 9.00. The highest BCUT2D eigenvalue weighted by molar-refractivity contribution is 8.00. The lowest BCUT2D eigenvalue weighted by Crippen LogP contribution is -2.43. The summed E-state index contributed by atoms with van der Waals surface area (Å²) < 4.78 is -0.451. The van der Waals surface area contributed by atoms with E-state index in [0.29, 0.717) is 32.0 Å². The number of aryl methyl sites for hydroxylation is 1. The van der Waals surface area contributed by atoms with E-state index in [1.165, 1.54) is 5.56 Å². The number of aliphatic imine (C=N–C) groups is 1. The molecule has 0 N–H and O–H groups in total. The maximum Gasteiger partial charge on any atom is 0.185 e. The van der Waals surface area contributed by atoms with Gasteiger partial charge >= 0.3 is 0 Å². The van der Waals surface area contributed by atoms with Crippen LogP contribution in [0.5, 0.6) is 0 Å². The van der Waals surface area contributed by atoms with Crippen molar-refractivity contribution in [3.63, 3.8) is 0 Å². The quantitative estimate of drug-likeness (QED) is 0.167. The van der Waals surface area contributed by atoms with Gasteiger partial charge in [0.1, 0.15) is 0 Å². The number of anilines is 1. The van der Waals surface area contributed by atoms with Crippen molar-refractivity contribution in [1.29, 1.82) is 0 Å². The van der Waals surface area contributed by atoms with Crippen LogP contribution in [0.2, 0.25) is 0 Å². The van der Waals surface area contributed by atoms with Crippen LogP contribution in [0.25, 0.3) is 10.4 Å². The fourth-order valence-corrected chi connectivity index (χ4v) is 8.21. The number of hydrogen-bond donors (Lipinski definition) is 0. The molecule has 0 amide bonds. The molecule has 0 aliphatic carbocycles. The van der Waals surface area contributed by atoms with Crippen LogP contribution in [0.4, 0.5) is 5.13 Å². The van der Waals surface area contributed by atoms with E-state index in [1.807, 2.05) is 30.8 Å². The van der Waals surface area contributed by atoms with Crippen molar-refractivity contribution in [2.75, 3.05) is 43.9 Å². The molecule has 6 rings (SSSR count). The van der Waals surface area contributed by atoms with Gasteiger partial charge in [0, 0.05) is 78.7 Å². The van der Waals surface area contributed by atoms with Crippen molar-refractivity contribution in [3.05, 3.63) is 86.5 Å². The van der Waals surface area contributed by atoms with E-state index in [1.54, 1.807) is 23.1 Å². The van der Waals surface area contributed by atoms with Gasteiger partial charge in [-0.05, 0) is 73.2 Å². The van der Waals surface area contributed by atoms with Crippen LogP contribution in [0, 0.1) is 12.8 Å². The Morgan fingerprint density at radius 3 is 2.81 bits per heavy atom. The number of hydrogen-bond acceptors (Lipinski definition) is 9. The van der Waals surface area contributed by atoms with Gasteiger partial charge in [-0.25, -0.2) is 4.98 Å². The van der Waals surface area contributed by atoms with Crippen molar-refractivity contribution in [2.45, 2.75) is 49.9 Å². The SMILES string of the molecule is CS[C@@]1(C(=O)Cc2ccc3c(c2)C(c2ccnc(C)c2)=NC3)CCN(CC(N=[N+]=[N-])C2CCN(c3nccs3)CC2)C1. The molecule has 2 saturated heterocycles. The fraction of sp³-hybridized carbons (Fsp3) is 0.484. The number of aromatic nitrogens is 2. The number of likely N-dealkylation sites (tertiary alicyclic amines) is 1. The normalized spacial score (nSPS) is 21.6. The van der Waals surface area contributed by atoms with Crippen LogP contribution in [0.3, 0.4) is 0 Å². The van der Waals surface area contributed by atoms with Gasteiger partial charge in [0.2, 0.25) is 0 Å². The lowest BCUT2D eigenvalue weighted by molar-refractivity contribution is -0.120. The average molecular weight is 601 g/mol. The number of carbonyl (C=O) groups excluding carboxylic acids is 1. The van der Waals surface area contributed by atoms with Crippen LogP contribution in [-0.2, 0) is 17.8 Å². The van der Waals surface area contributed by atoms with Crippen LogP contribution >= 0.6 is 23.1 Å². The Bertz CT molecular complexity index is 1510. The Hall–Kier alpha value is -3.24. The molecule has 1 aromatic carbocycles. The van der Waals surface area contributed by atoms with Crippen molar-refractivity contribution in [1.82, 2.24) is 14.9 Å². The van der Waals surface area contributed by atoms with E-state index in [4.69, 9.17) is 4.99 Å². The Balaban J connectivity index is 1.10. The zero-order chi connectivity index (χ0) is 29.1. The van der Waals surface area contributed by atoms with Crippen LogP contribution in [0.15, 0.2) is 58.2 Å². The second-order valence-corrected chi connectivity index (χ2v) is 13.6. The highest BCUT2D eigenvalue weighted by Gasteiger charge is 2.44. The number of ketones is 1. The monoisotopic (exact) mass is 600 g/mol. The van der Waals surface area contributed by atoms with Crippen molar-refractivity contribution in [3.8, 4) is 0 Å². The molecule has 2 atom stereocenters. The summed E-state index contributed by atoms with van der Waals surface area (Å²) in [7, 11) is 0. The first-order valence-corrected chi connectivity index (χ1v) is 16.7. The molecule has 9 nitrogen and oxygen atoms in total. The Labute approximate surface area is 255 Å². The minimum absolute atomic E-state index is 0.0903. The summed E-state index contributed by atoms with van der Waals surface area (Å²) in [4.78, 5) is 35.4. The summed E-state index contributed by atoms with van der Waals surface area (Å²) in [5.41, 5.74) is 15.7. The number of piperidine rings is 1. The number of rotatable bonds is 10. The maximum absolute atomic E-state index is 13.9. The van der Waals surface area contributed by atoms with Gasteiger partial charge in [0.05, 0.1) is 23.0 Å². The van der Waals surface area contributed by atoms with Gasteiger partial charge < -0.3 is 9.80 Å². The van der Waals surface area contributed by atoms with Gasteiger partial charge in [-0.2, -0.15) is 0 Å². The minimum Gasteiger partial charge on any atom is -0.348 e. The molecule has 1 unspecified atom stereocenters. The molecule has 0 radical (unpaired) electrons. The van der Waals surface area contributed by atoms with E-state index >= 15 is 0 Å². The average Bonchev–Trinajstić information content (AvgIpc) is 3.78. The van der Waals surface area contributed by atoms with Crippen LogP contribution < -0.4 is 4.90 Å². The van der Waals surface area contributed by atoms with E-state index in [2.05, 4.69) is 60.3 Å². The zero-order valence-corrected chi connectivity index (χ0v) is 25.8. The zero-order valence-electron chi connectivity index (χ0n) is 24.1. The van der Waals surface area contributed by atoms with Crippen molar-refractivity contribution >= 4 is 39.7 Å². The predicted molar refractivity (Wildman–Crippen MR) is 171 cm³/mol. The molecular formula is C31H36N8OS2. The number of pyridine rings is 1. The molecule has 11 heteroatoms. The summed E-state index contributed by atoms with van der Waals surface area (Å²) in [5, 5.41) is 7.33. The number of nitrogens with zero attached hydrogens (tertiary/aromatic N) is 8. The lowest BCUT2D eigenvalue weighted by Gasteiger charge is -2.36. The number of thioether (sulfide) groups is 1. The molecule has 218 valence electrons. The van der Waals surface area contributed by atoms with E-state index in [0.717, 1.165) is 72.1 Å². The second-order valence-electron chi connectivity index (χ2n) is 11.5. The Morgan fingerprint density at radius 2 is 2.07 bits per heavy atom. The molecule has 3 aliphatic rings. The smallest absolute Gasteiger partial charge is 0.185 e. The second kappa shape index (κ2) is 12.6. The number of benzene rings is 1. The number of thiazole rings is 1. The Morgan fingerprint density at radius 1 is 1.21 bits per heavy atom. The highest BCUT2D eigenvalue weighted by Crippen LogP contribution is 2.37. The molecule has 2 fully saturated rings. The van der Waals surface area contributed by atoms with Gasteiger partial charge in [0.15, 0.2) is 10.9 Å². The third-order valence-corrected chi connectivity index (χ3v) is 11.2. The molecular weight excluding hydrogens is 565 g/mol. The largest absolute Gasteiger partial charge is 0.348 e. The Kier molecular flexibility index (Phi) is 8.62. The molecule has 3 aromatic rings. The summed E-state index contributed by atoms with van der Waals surface area (Å²) in [6, 6.07) is 10.3. The molecule has 0 bridgehead atoms. The molecule has 3 aliphatic heterocycles. The van der Waals surface area contributed by atoms with Crippen LogP contribution in [0.1, 0.15) is 47.2 Å².